The molecule has 0 saturated carbocycles. The van der Waals surface area contributed by atoms with Gasteiger partial charge in [0, 0.05) is 38.1 Å². The highest BCUT2D eigenvalue weighted by Gasteiger charge is 2.01. The molecule has 4 heteroatoms. The molecule has 0 aromatic carbocycles. The van der Waals surface area contributed by atoms with Crippen molar-refractivity contribution in [3.8, 4) is 5.75 Å². The first kappa shape index (κ1) is 10.9. The van der Waals surface area contributed by atoms with Crippen LogP contribution in [0.2, 0.25) is 0 Å². The largest absolute Gasteiger partial charge is 0.493 e. The molecule has 0 spiro atoms. The van der Waals surface area contributed by atoms with Gasteiger partial charge in [0.25, 0.3) is 0 Å². The number of pyridine rings is 1. The SMILES string of the molecule is COCCCOc1ccncc1CO. The fourth-order valence-corrected chi connectivity index (χ4v) is 1.06. The van der Waals surface area contributed by atoms with E-state index < -0.39 is 0 Å². The topological polar surface area (TPSA) is 51.6 Å². The highest BCUT2D eigenvalue weighted by atomic mass is 16.5. The third-order valence-electron chi connectivity index (χ3n) is 1.78. The molecule has 0 amide bonds. The molecular weight excluding hydrogens is 182 g/mol. The molecule has 1 N–H and O–H groups in total. The second kappa shape index (κ2) is 6.34. The first-order chi connectivity index (χ1) is 6.88. The quantitative estimate of drug-likeness (QED) is 0.691. The molecule has 0 aliphatic carbocycles. The Bertz CT molecular complexity index is 265. The Labute approximate surface area is 83.5 Å². The van der Waals surface area contributed by atoms with Gasteiger partial charge in [0.1, 0.15) is 5.75 Å². The van der Waals surface area contributed by atoms with Crippen LogP contribution in [-0.4, -0.2) is 30.4 Å². The van der Waals surface area contributed by atoms with Gasteiger partial charge in [0.2, 0.25) is 0 Å². The van der Waals surface area contributed by atoms with Crippen molar-refractivity contribution in [1.82, 2.24) is 4.98 Å². The minimum atomic E-state index is -0.0482. The Balaban J connectivity index is 2.41. The van der Waals surface area contributed by atoms with Crippen LogP contribution in [0.5, 0.6) is 5.75 Å². The zero-order valence-corrected chi connectivity index (χ0v) is 8.27. The minimum Gasteiger partial charge on any atom is -0.493 e. The summed E-state index contributed by atoms with van der Waals surface area (Å²) in [5.74, 6) is 0.693. The molecule has 78 valence electrons. The highest BCUT2D eigenvalue weighted by Crippen LogP contribution is 2.16. The molecule has 14 heavy (non-hydrogen) atoms. The summed E-state index contributed by atoms with van der Waals surface area (Å²) in [6.45, 7) is 1.22. The van der Waals surface area contributed by atoms with Gasteiger partial charge in [-0.3, -0.25) is 4.98 Å². The van der Waals surface area contributed by atoms with Gasteiger partial charge < -0.3 is 14.6 Å². The lowest BCUT2D eigenvalue weighted by molar-refractivity contribution is 0.170. The summed E-state index contributed by atoms with van der Waals surface area (Å²) in [6, 6.07) is 1.75. The number of aliphatic hydroxyl groups is 1. The molecule has 0 fully saturated rings. The van der Waals surface area contributed by atoms with Crippen LogP contribution in [0.4, 0.5) is 0 Å². The molecule has 0 radical (unpaired) electrons. The van der Waals surface area contributed by atoms with Crippen molar-refractivity contribution in [2.24, 2.45) is 0 Å². The Morgan fingerprint density at radius 1 is 1.43 bits per heavy atom. The standard InChI is InChI=1S/C10H15NO3/c1-13-5-2-6-14-10-3-4-11-7-9(10)8-12/h3-4,7,12H,2,5-6,8H2,1H3. The van der Waals surface area contributed by atoms with Gasteiger partial charge in [-0.15, -0.1) is 0 Å². The second-order valence-corrected chi connectivity index (χ2v) is 2.84. The molecule has 0 saturated heterocycles. The van der Waals surface area contributed by atoms with E-state index in [-0.39, 0.29) is 6.61 Å². The third kappa shape index (κ3) is 3.32. The highest BCUT2D eigenvalue weighted by molar-refractivity contribution is 5.29. The Morgan fingerprint density at radius 3 is 3.00 bits per heavy atom. The van der Waals surface area contributed by atoms with Crippen LogP contribution in [0.3, 0.4) is 0 Å². The molecule has 0 bridgehead atoms. The maximum absolute atomic E-state index is 8.98. The third-order valence-corrected chi connectivity index (χ3v) is 1.78. The van der Waals surface area contributed by atoms with E-state index in [1.54, 1.807) is 25.6 Å². The summed E-state index contributed by atoms with van der Waals surface area (Å²) < 4.78 is 10.3. The average molecular weight is 197 g/mol. The van der Waals surface area contributed by atoms with Crippen LogP contribution in [0.25, 0.3) is 0 Å². The lowest BCUT2D eigenvalue weighted by Gasteiger charge is -2.08. The van der Waals surface area contributed by atoms with Gasteiger partial charge in [-0.25, -0.2) is 0 Å². The van der Waals surface area contributed by atoms with E-state index in [9.17, 15) is 0 Å². The summed E-state index contributed by atoms with van der Waals surface area (Å²) in [6.07, 6.45) is 4.08. The molecule has 0 aliphatic rings. The van der Waals surface area contributed by atoms with Crippen molar-refractivity contribution in [2.75, 3.05) is 20.3 Å². The number of ether oxygens (including phenoxy) is 2. The van der Waals surface area contributed by atoms with Crippen LogP contribution < -0.4 is 4.74 Å². The van der Waals surface area contributed by atoms with Crippen LogP contribution in [0.1, 0.15) is 12.0 Å². The first-order valence-corrected chi connectivity index (χ1v) is 4.54. The van der Waals surface area contributed by atoms with Gasteiger partial charge in [0.15, 0.2) is 0 Å². The number of rotatable bonds is 6. The van der Waals surface area contributed by atoms with E-state index >= 15 is 0 Å². The minimum absolute atomic E-state index is 0.0482. The molecular formula is C10H15NO3. The van der Waals surface area contributed by atoms with Crippen molar-refractivity contribution in [1.29, 1.82) is 0 Å². The van der Waals surface area contributed by atoms with E-state index in [0.717, 1.165) is 6.42 Å². The zero-order valence-electron chi connectivity index (χ0n) is 8.27. The fraction of sp³-hybridized carbons (Fsp3) is 0.500. The van der Waals surface area contributed by atoms with Gasteiger partial charge in [-0.1, -0.05) is 0 Å². The summed E-state index contributed by atoms with van der Waals surface area (Å²) in [7, 11) is 1.66. The number of hydrogen-bond donors (Lipinski definition) is 1. The van der Waals surface area contributed by atoms with E-state index in [1.165, 1.54) is 0 Å². The van der Waals surface area contributed by atoms with Crippen LogP contribution >= 0.6 is 0 Å². The lowest BCUT2D eigenvalue weighted by atomic mass is 10.3. The monoisotopic (exact) mass is 197 g/mol. The molecule has 0 unspecified atom stereocenters. The predicted molar refractivity (Wildman–Crippen MR) is 52.1 cm³/mol. The van der Waals surface area contributed by atoms with Gasteiger partial charge in [-0.2, -0.15) is 0 Å². The number of nitrogens with zero attached hydrogens (tertiary/aromatic N) is 1. The van der Waals surface area contributed by atoms with E-state index in [2.05, 4.69) is 4.98 Å². The maximum Gasteiger partial charge on any atom is 0.127 e. The zero-order chi connectivity index (χ0) is 10.2. The van der Waals surface area contributed by atoms with Crippen molar-refractivity contribution < 1.29 is 14.6 Å². The molecule has 1 rings (SSSR count). The average Bonchev–Trinajstić information content (AvgIpc) is 2.25. The van der Waals surface area contributed by atoms with Crippen LogP contribution in [0.15, 0.2) is 18.5 Å². The van der Waals surface area contributed by atoms with Crippen molar-refractivity contribution in [3.05, 3.63) is 24.0 Å². The van der Waals surface area contributed by atoms with Crippen molar-refractivity contribution in [3.63, 3.8) is 0 Å². The molecule has 1 aromatic heterocycles. The summed E-state index contributed by atoms with van der Waals surface area (Å²) in [5.41, 5.74) is 0.713. The number of aromatic nitrogens is 1. The Hall–Kier alpha value is -1.13. The number of hydrogen-bond acceptors (Lipinski definition) is 4. The first-order valence-electron chi connectivity index (χ1n) is 4.54. The van der Waals surface area contributed by atoms with E-state index in [4.69, 9.17) is 14.6 Å². The number of aliphatic hydroxyl groups excluding tert-OH is 1. The molecule has 4 nitrogen and oxygen atoms in total. The molecule has 0 atom stereocenters. The van der Waals surface area contributed by atoms with Gasteiger partial charge >= 0.3 is 0 Å². The van der Waals surface area contributed by atoms with E-state index in [1.807, 2.05) is 0 Å². The maximum atomic E-state index is 8.98. The lowest BCUT2D eigenvalue weighted by Crippen LogP contribution is -2.03. The summed E-state index contributed by atoms with van der Waals surface area (Å²) in [5, 5.41) is 8.98. The fourth-order valence-electron chi connectivity index (χ4n) is 1.06. The van der Waals surface area contributed by atoms with Crippen molar-refractivity contribution >= 4 is 0 Å². The summed E-state index contributed by atoms with van der Waals surface area (Å²) in [4.78, 5) is 3.90. The molecule has 1 aromatic rings. The van der Waals surface area contributed by atoms with E-state index in [0.29, 0.717) is 24.5 Å². The Kier molecular flexibility index (Phi) is 4.96. The van der Waals surface area contributed by atoms with Gasteiger partial charge in [-0.05, 0) is 6.07 Å². The number of methoxy groups -OCH3 is 1. The van der Waals surface area contributed by atoms with Gasteiger partial charge in [0.05, 0.1) is 13.2 Å². The smallest absolute Gasteiger partial charge is 0.127 e. The second-order valence-electron chi connectivity index (χ2n) is 2.84. The van der Waals surface area contributed by atoms with Crippen LogP contribution in [0, 0.1) is 0 Å². The predicted octanol–water partition coefficient (Wildman–Crippen LogP) is 0.989. The normalized spacial score (nSPS) is 10.1. The Morgan fingerprint density at radius 2 is 2.29 bits per heavy atom. The van der Waals surface area contributed by atoms with Crippen LogP contribution in [-0.2, 0) is 11.3 Å². The van der Waals surface area contributed by atoms with Crippen molar-refractivity contribution in [2.45, 2.75) is 13.0 Å². The molecule has 0 aliphatic heterocycles. The molecule has 1 heterocycles. The summed E-state index contributed by atoms with van der Waals surface area (Å²) >= 11 is 0.